The van der Waals surface area contributed by atoms with Gasteiger partial charge in [0.05, 0.1) is 20.0 Å². The molecule has 0 saturated carbocycles. The summed E-state index contributed by atoms with van der Waals surface area (Å²) in [5.41, 5.74) is -0.736. The zero-order valence-electron chi connectivity index (χ0n) is 12.8. The Morgan fingerprint density at radius 1 is 1.11 bits per heavy atom. The van der Waals surface area contributed by atoms with E-state index < -0.39 is 34.8 Å². The predicted octanol–water partition coefficient (Wildman–Crippen LogP) is 5.05. The van der Waals surface area contributed by atoms with Crippen molar-refractivity contribution in [1.29, 1.82) is 0 Å². The van der Waals surface area contributed by atoms with E-state index in [0.717, 1.165) is 6.07 Å². The molecular weight excluding hydrogens is 467 g/mol. The third-order valence-corrected chi connectivity index (χ3v) is 4.94. The van der Waals surface area contributed by atoms with E-state index in [9.17, 15) is 19.7 Å². The van der Waals surface area contributed by atoms with Crippen molar-refractivity contribution in [3.05, 3.63) is 59.3 Å². The third kappa shape index (κ3) is 5.12. The second-order valence-corrected chi connectivity index (χ2v) is 6.64. The Morgan fingerprint density at radius 2 is 1.78 bits per heavy atom. The van der Waals surface area contributed by atoms with Gasteiger partial charge in [-0.2, -0.15) is 0 Å². The Bertz CT molecular complexity index is 953. The van der Waals surface area contributed by atoms with Crippen LogP contribution in [-0.2, 0) is 9.53 Å². The number of nitrogens with one attached hydrogen (secondary N) is 1. The molecule has 0 radical (unpaired) electrons. The molecule has 0 aliphatic carbocycles. The van der Waals surface area contributed by atoms with E-state index in [1.54, 1.807) is 0 Å². The number of nitro groups is 1. The van der Waals surface area contributed by atoms with Gasteiger partial charge in [0.15, 0.2) is 12.3 Å². The van der Waals surface area contributed by atoms with Crippen LogP contribution in [0.4, 0.5) is 11.4 Å². The van der Waals surface area contributed by atoms with Crippen molar-refractivity contribution in [3.63, 3.8) is 0 Å². The van der Waals surface area contributed by atoms with Crippen LogP contribution in [0.25, 0.3) is 0 Å². The number of ether oxygens (including phenoxy) is 1. The lowest BCUT2D eigenvalue weighted by atomic mass is 10.3. The van der Waals surface area contributed by atoms with E-state index in [-0.39, 0.29) is 30.9 Å². The number of benzene rings is 1. The second kappa shape index (κ2) is 8.90. The molecule has 1 amide bonds. The monoisotopic (exact) mass is 471 g/mol. The summed E-state index contributed by atoms with van der Waals surface area (Å²) >= 11 is 28.8. The number of anilines is 1. The molecule has 142 valence electrons. The van der Waals surface area contributed by atoms with Gasteiger partial charge in [0.25, 0.3) is 11.6 Å². The van der Waals surface area contributed by atoms with Crippen molar-refractivity contribution in [3.8, 4) is 0 Å². The van der Waals surface area contributed by atoms with Crippen LogP contribution >= 0.6 is 58.0 Å². The topological polar surface area (TPSA) is 111 Å². The minimum Gasteiger partial charge on any atom is -0.451 e. The number of aromatic nitrogens is 1. The van der Waals surface area contributed by atoms with Crippen LogP contribution in [0.3, 0.4) is 0 Å². The predicted molar refractivity (Wildman–Crippen MR) is 101 cm³/mol. The van der Waals surface area contributed by atoms with Crippen LogP contribution in [0.1, 0.15) is 10.5 Å². The van der Waals surface area contributed by atoms with Crippen LogP contribution in [0.2, 0.25) is 25.2 Å². The Labute approximate surface area is 176 Å². The highest BCUT2D eigenvalue weighted by Crippen LogP contribution is 2.36. The van der Waals surface area contributed by atoms with Crippen LogP contribution in [0, 0.1) is 10.1 Å². The number of hydrogen-bond donors (Lipinski definition) is 1. The van der Waals surface area contributed by atoms with E-state index in [1.807, 2.05) is 0 Å². The Hall–Kier alpha value is -1.84. The molecule has 2 aromatic rings. The van der Waals surface area contributed by atoms with Crippen molar-refractivity contribution in [2.24, 2.45) is 0 Å². The quantitative estimate of drug-likeness (QED) is 0.281. The third-order valence-electron chi connectivity index (χ3n) is 2.94. The molecule has 0 fully saturated rings. The molecule has 1 heterocycles. The molecule has 0 aliphatic rings. The lowest BCUT2D eigenvalue weighted by Gasteiger charge is -2.09. The molecular formula is C14H6Cl5N3O5. The van der Waals surface area contributed by atoms with Crippen molar-refractivity contribution in [2.45, 2.75) is 0 Å². The Morgan fingerprint density at radius 3 is 2.41 bits per heavy atom. The van der Waals surface area contributed by atoms with Crippen LogP contribution in [-0.4, -0.2) is 28.4 Å². The summed E-state index contributed by atoms with van der Waals surface area (Å²) in [6.45, 7) is -0.731. The standard InChI is InChI=1S/C14H6Cl5N3O5/c15-6-2-1-5(3-7(6)22(25)26)20-8(23)4-27-14(24)12-10(17)9(16)11(18)13(19)21-12/h1-3H,4H2,(H,20,23). The maximum absolute atomic E-state index is 12.0. The molecule has 0 aliphatic heterocycles. The number of nitro benzene ring substituents is 1. The average molecular weight is 473 g/mol. The van der Waals surface area contributed by atoms with Gasteiger partial charge in [-0.3, -0.25) is 14.9 Å². The van der Waals surface area contributed by atoms with Crippen molar-refractivity contribution >= 4 is 81.3 Å². The van der Waals surface area contributed by atoms with Crippen LogP contribution in [0.5, 0.6) is 0 Å². The highest BCUT2D eigenvalue weighted by molar-refractivity contribution is 6.52. The molecule has 13 heteroatoms. The van der Waals surface area contributed by atoms with Gasteiger partial charge in [0.1, 0.15) is 10.2 Å². The number of hydrogen-bond acceptors (Lipinski definition) is 6. The first-order valence-electron chi connectivity index (χ1n) is 6.72. The van der Waals surface area contributed by atoms with Crippen molar-refractivity contribution < 1.29 is 19.2 Å². The van der Waals surface area contributed by atoms with E-state index in [0.29, 0.717) is 0 Å². The van der Waals surface area contributed by atoms with E-state index in [2.05, 4.69) is 10.3 Å². The fourth-order valence-electron chi connectivity index (χ4n) is 1.75. The smallest absolute Gasteiger partial charge is 0.359 e. The van der Waals surface area contributed by atoms with Gasteiger partial charge in [0, 0.05) is 11.8 Å². The molecule has 8 nitrogen and oxygen atoms in total. The molecule has 2 rings (SSSR count). The first-order chi connectivity index (χ1) is 12.6. The van der Waals surface area contributed by atoms with Gasteiger partial charge in [-0.15, -0.1) is 0 Å². The van der Waals surface area contributed by atoms with Gasteiger partial charge >= 0.3 is 5.97 Å². The highest BCUT2D eigenvalue weighted by atomic mass is 35.5. The zero-order chi connectivity index (χ0) is 20.3. The lowest BCUT2D eigenvalue weighted by molar-refractivity contribution is -0.384. The number of amides is 1. The number of rotatable bonds is 5. The van der Waals surface area contributed by atoms with Gasteiger partial charge in [-0.1, -0.05) is 58.0 Å². The number of esters is 1. The maximum Gasteiger partial charge on any atom is 0.359 e. The molecule has 1 aromatic heterocycles. The number of carbonyl (C=O) groups excluding carboxylic acids is 2. The number of carbonyl (C=O) groups is 2. The summed E-state index contributed by atoms with van der Waals surface area (Å²) in [7, 11) is 0. The first kappa shape index (κ1) is 21.5. The Kier molecular flexibility index (Phi) is 7.07. The fraction of sp³-hybridized carbons (Fsp3) is 0.0714. The van der Waals surface area contributed by atoms with Gasteiger partial charge in [0.2, 0.25) is 0 Å². The van der Waals surface area contributed by atoms with Gasteiger partial charge < -0.3 is 10.1 Å². The second-order valence-electron chi connectivity index (χ2n) is 4.74. The molecule has 1 aromatic carbocycles. The summed E-state index contributed by atoms with van der Waals surface area (Å²) < 4.78 is 4.78. The van der Waals surface area contributed by atoms with Gasteiger partial charge in [-0.05, 0) is 12.1 Å². The largest absolute Gasteiger partial charge is 0.451 e. The van der Waals surface area contributed by atoms with Crippen molar-refractivity contribution in [2.75, 3.05) is 11.9 Å². The lowest BCUT2D eigenvalue weighted by Crippen LogP contribution is -2.21. The number of halogens is 5. The molecule has 1 N–H and O–H groups in total. The Balaban J connectivity index is 2.05. The van der Waals surface area contributed by atoms with Crippen LogP contribution in [0.15, 0.2) is 18.2 Å². The minimum atomic E-state index is -1.07. The van der Waals surface area contributed by atoms with E-state index in [4.69, 9.17) is 62.7 Å². The highest BCUT2D eigenvalue weighted by Gasteiger charge is 2.22. The first-order valence-corrected chi connectivity index (χ1v) is 8.61. The normalized spacial score (nSPS) is 10.4. The molecule has 0 saturated heterocycles. The summed E-state index contributed by atoms with van der Waals surface area (Å²) in [6.07, 6.45) is 0. The average Bonchev–Trinajstić information content (AvgIpc) is 2.62. The summed E-state index contributed by atoms with van der Waals surface area (Å²) in [5.74, 6) is -1.85. The molecule has 27 heavy (non-hydrogen) atoms. The molecule has 0 bridgehead atoms. The van der Waals surface area contributed by atoms with Gasteiger partial charge in [-0.25, -0.2) is 9.78 Å². The summed E-state index contributed by atoms with van der Waals surface area (Å²) in [5, 5.41) is 12.2. The minimum absolute atomic E-state index is 0.0842. The zero-order valence-corrected chi connectivity index (χ0v) is 16.5. The van der Waals surface area contributed by atoms with Crippen molar-refractivity contribution in [1.82, 2.24) is 4.98 Å². The van der Waals surface area contributed by atoms with E-state index in [1.165, 1.54) is 12.1 Å². The number of nitrogens with zero attached hydrogens (tertiary/aromatic N) is 2. The molecule has 0 unspecified atom stereocenters. The molecule has 0 atom stereocenters. The number of pyridine rings is 1. The fourth-order valence-corrected chi connectivity index (χ4v) is 2.74. The van der Waals surface area contributed by atoms with Crippen LogP contribution < -0.4 is 5.32 Å². The summed E-state index contributed by atoms with van der Waals surface area (Å²) in [6, 6.07) is 3.63. The van der Waals surface area contributed by atoms with E-state index >= 15 is 0 Å². The SMILES string of the molecule is O=C(COC(=O)c1nc(Cl)c(Cl)c(Cl)c1Cl)Nc1ccc(Cl)c([N+](=O)[O-])c1. The maximum atomic E-state index is 12.0. The molecule has 0 spiro atoms. The summed E-state index contributed by atoms with van der Waals surface area (Å²) in [4.78, 5) is 37.7.